The van der Waals surface area contributed by atoms with E-state index >= 15 is 0 Å². The summed E-state index contributed by atoms with van der Waals surface area (Å²) in [4.78, 5) is 0. The van der Waals surface area contributed by atoms with Gasteiger partial charge in [0.05, 0.1) is 33.3 Å². The Morgan fingerprint density at radius 3 is 2.78 bits per heavy atom. The standard InChI is InChI=1S/C22H24NO4/c1-23(2)12-11-16-14-19-21(27-15-26-19)22(24-3)20(16)18(23)10-7-13-25-17-8-5-4-6-9-17/h4-6,8-9,14,18H,11-13,15H2,1-3H3/q+1. The third kappa shape index (κ3) is 3.29. The van der Waals surface area contributed by atoms with Gasteiger partial charge in [-0.1, -0.05) is 24.1 Å². The smallest absolute Gasteiger partial charge is 0.231 e. The third-order valence-electron chi connectivity index (χ3n) is 5.17. The first-order valence-corrected chi connectivity index (χ1v) is 9.08. The summed E-state index contributed by atoms with van der Waals surface area (Å²) >= 11 is 0. The van der Waals surface area contributed by atoms with Gasteiger partial charge in [0.25, 0.3) is 0 Å². The Balaban J connectivity index is 1.66. The van der Waals surface area contributed by atoms with Gasteiger partial charge in [-0.25, -0.2) is 0 Å². The molecule has 140 valence electrons. The molecule has 2 heterocycles. The molecule has 0 spiro atoms. The van der Waals surface area contributed by atoms with Gasteiger partial charge in [0.15, 0.2) is 17.5 Å². The highest BCUT2D eigenvalue weighted by molar-refractivity contribution is 5.62. The van der Waals surface area contributed by atoms with Crippen LogP contribution in [-0.4, -0.2) is 45.6 Å². The van der Waals surface area contributed by atoms with E-state index in [-0.39, 0.29) is 12.8 Å². The maximum Gasteiger partial charge on any atom is 0.231 e. The molecule has 2 aliphatic rings. The molecule has 2 aromatic carbocycles. The molecular weight excluding hydrogens is 342 g/mol. The van der Waals surface area contributed by atoms with Crippen molar-refractivity contribution in [3.05, 3.63) is 47.5 Å². The number of para-hydroxylation sites is 1. The summed E-state index contributed by atoms with van der Waals surface area (Å²) in [5, 5.41) is 0. The Hall–Kier alpha value is -2.84. The van der Waals surface area contributed by atoms with E-state index in [0.29, 0.717) is 12.4 Å². The Morgan fingerprint density at radius 1 is 1.19 bits per heavy atom. The van der Waals surface area contributed by atoms with Crippen LogP contribution in [0.2, 0.25) is 0 Å². The van der Waals surface area contributed by atoms with Gasteiger partial charge in [0.1, 0.15) is 12.4 Å². The minimum absolute atomic E-state index is 0.0161. The molecule has 1 unspecified atom stereocenters. The van der Waals surface area contributed by atoms with E-state index in [1.165, 1.54) is 5.56 Å². The van der Waals surface area contributed by atoms with Crippen LogP contribution < -0.4 is 18.9 Å². The molecular formula is C22H24NO4+. The van der Waals surface area contributed by atoms with Crippen LogP contribution in [0.25, 0.3) is 0 Å². The number of likely N-dealkylation sites (N-methyl/N-ethyl adjacent to an activating group) is 1. The predicted molar refractivity (Wildman–Crippen MR) is 102 cm³/mol. The molecule has 1 atom stereocenters. The summed E-state index contributed by atoms with van der Waals surface area (Å²) < 4.78 is 23.5. The van der Waals surface area contributed by atoms with Crippen LogP contribution >= 0.6 is 0 Å². The summed E-state index contributed by atoms with van der Waals surface area (Å²) in [5.41, 5.74) is 2.32. The molecule has 0 aliphatic carbocycles. The summed E-state index contributed by atoms with van der Waals surface area (Å²) in [7, 11) is 6.07. The van der Waals surface area contributed by atoms with Crippen LogP contribution in [0, 0.1) is 11.8 Å². The fourth-order valence-corrected chi connectivity index (χ4v) is 3.70. The number of methoxy groups -OCH3 is 1. The molecule has 27 heavy (non-hydrogen) atoms. The van der Waals surface area contributed by atoms with Crippen molar-refractivity contribution in [2.75, 3.05) is 41.1 Å². The molecule has 4 rings (SSSR count). The van der Waals surface area contributed by atoms with Crippen molar-refractivity contribution < 1.29 is 23.4 Å². The van der Waals surface area contributed by atoms with E-state index in [1.54, 1.807) is 7.11 Å². The molecule has 2 aromatic rings. The predicted octanol–water partition coefficient (Wildman–Crippen LogP) is 3.18. The molecule has 2 aliphatic heterocycles. The van der Waals surface area contributed by atoms with E-state index in [2.05, 4.69) is 32.0 Å². The summed E-state index contributed by atoms with van der Waals surface area (Å²) in [6.07, 6.45) is 0.952. The number of hydrogen-bond donors (Lipinski definition) is 0. The SMILES string of the molecule is COc1c2c(cc3c1C(C#CCOc1ccccc1)[N+](C)(C)CC3)OCO2. The zero-order valence-electron chi connectivity index (χ0n) is 16.0. The number of quaternary nitrogens is 1. The highest BCUT2D eigenvalue weighted by atomic mass is 16.7. The first-order chi connectivity index (χ1) is 13.1. The second-order valence-electron chi connectivity index (χ2n) is 7.29. The van der Waals surface area contributed by atoms with Crippen LogP contribution in [0.4, 0.5) is 0 Å². The van der Waals surface area contributed by atoms with Gasteiger partial charge < -0.3 is 23.4 Å². The number of nitrogens with zero attached hydrogens (tertiary/aromatic N) is 1. The van der Waals surface area contributed by atoms with E-state index in [0.717, 1.165) is 40.3 Å². The molecule has 0 aromatic heterocycles. The number of rotatable bonds is 3. The lowest BCUT2D eigenvalue weighted by molar-refractivity contribution is -0.914. The van der Waals surface area contributed by atoms with Gasteiger partial charge in [-0.3, -0.25) is 0 Å². The van der Waals surface area contributed by atoms with Gasteiger partial charge in [-0.15, -0.1) is 0 Å². The van der Waals surface area contributed by atoms with Gasteiger partial charge in [0.2, 0.25) is 12.5 Å². The van der Waals surface area contributed by atoms with Crippen LogP contribution in [0.3, 0.4) is 0 Å². The zero-order chi connectivity index (χ0) is 18.9. The summed E-state index contributed by atoms with van der Waals surface area (Å²) in [6.45, 7) is 1.57. The molecule has 5 heteroatoms. The molecule has 0 saturated heterocycles. The summed E-state index contributed by atoms with van der Waals surface area (Å²) in [5.74, 6) is 9.64. The average Bonchev–Trinajstić information content (AvgIpc) is 3.14. The van der Waals surface area contributed by atoms with Crippen LogP contribution in [0.15, 0.2) is 36.4 Å². The Bertz CT molecular complexity index is 896. The van der Waals surface area contributed by atoms with Crippen LogP contribution in [0.1, 0.15) is 17.2 Å². The van der Waals surface area contributed by atoms with Crippen molar-refractivity contribution in [2.24, 2.45) is 0 Å². The zero-order valence-corrected chi connectivity index (χ0v) is 16.0. The van der Waals surface area contributed by atoms with Crippen molar-refractivity contribution >= 4 is 0 Å². The van der Waals surface area contributed by atoms with Crippen molar-refractivity contribution in [2.45, 2.75) is 12.5 Å². The molecule has 0 saturated carbocycles. The van der Waals surface area contributed by atoms with Gasteiger partial charge in [0, 0.05) is 6.42 Å². The van der Waals surface area contributed by atoms with Gasteiger partial charge in [-0.2, -0.15) is 0 Å². The minimum Gasteiger partial charge on any atom is -0.492 e. The number of hydrogen-bond acceptors (Lipinski definition) is 4. The molecule has 0 N–H and O–H groups in total. The van der Waals surface area contributed by atoms with E-state index in [9.17, 15) is 0 Å². The lowest BCUT2D eigenvalue weighted by Gasteiger charge is -2.40. The first-order valence-electron chi connectivity index (χ1n) is 9.08. The second-order valence-corrected chi connectivity index (χ2v) is 7.29. The van der Waals surface area contributed by atoms with Crippen molar-refractivity contribution in [1.29, 1.82) is 0 Å². The van der Waals surface area contributed by atoms with Crippen LogP contribution in [0.5, 0.6) is 23.0 Å². The summed E-state index contributed by atoms with van der Waals surface area (Å²) in [6, 6.07) is 11.8. The minimum atomic E-state index is -0.0161. The van der Waals surface area contributed by atoms with Crippen molar-refractivity contribution in [3.8, 4) is 34.8 Å². The average molecular weight is 366 g/mol. The highest BCUT2D eigenvalue weighted by Gasteiger charge is 2.40. The van der Waals surface area contributed by atoms with Gasteiger partial charge in [-0.05, 0) is 29.7 Å². The number of benzene rings is 2. The van der Waals surface area contributed by atoms with Gasteiger partial charge >= 0.3 is 0 Å². The monoisotopic (exact) mass is 366 g/mol. The van der Waals surface area contributed by atoms with E-state index in [4.69, 9.17) is 18.9 Å². The van der Waals surface area contributed by atoms with Crippen molar-refractivity contribution in [3.63, 3.8) is 0 Å². The van der Waals surface area contributed by atoms with E-state index < -0.39 is 0 Å². The van der Waals surface area contributed by atoms with Crippen LogP contribution in [-0.2, 0) is 6.42 Å². The molecule has 0 amide bonds. The Labute approximate surface area is 160 Å². The van der Waals surface area contributed by atoms with Crippen molar-refractivity contribution in [1.82, 2.24) is 0 Å². The van der Waals surface area contributed by atoms with E-state index in [1.807, 2.05) is 30.3 Å². The fourth-order valence-electron chi connectivity index (χ4n) is 3.70. The molecule has 0 bridgehead atoms. The molecule has 0 fully saturated rings. The highest BCUT2D eigenvalue weighted by Crippen LogP contribution is 2.50. The molecule has 5 nitrogen and oxygen atoms in total. The fraction of sp³-hybridized carbons (Fsp3) is 0.364. The number of ether oxygens (including phenoxy) is 4. The Morgan fingerprint density at radius 2 is 2.00 bits per heavy atom. The Kier molecular flexibility index (Phi) is 4.59. The largest absolute Gasteiger partial charge is 0.492 e. The number of fused-ring (bicyclic) bond motifs is 2. The third-order valence-corrected chi connectivity index (χ3v) is 5.17. The molecule has 0 radical (unpaired) electrons. The normalized spacial score (nSPS) is 18.9. The second kappa shape index (κ2) is 7.05. The maximum atomic E-state index is 5.74. The lowest BCUT2D eigenvalue weighted by atomic mass is 9.89. The first kappa shape index (κ1) is 17.6. The quantitative estimate of drug-likeness (QED) is 0.618. The lowest BCUT2D eigenvalue weighted by Crippen LogP contribution is -2.47. The topological polar surface area (TPSA) is 36.9 Å². The maximum absolute atomic E-state index is 5.74.